The molecule has 4 nitrogen and oxygen atoms in total. The summed E-state index contributed by atoms with van der Waals surface area (Å²) in [5.74, 6) is -0.415. The average molecular weight is 253 g/mol. The maximum atomic E-state index is 10.9. The van der Waals surface area contributed by atoms with Crippen LogP contribution in [0.25, 0.3) is 22.6 Å². The number of carboxylic acid groups (broad SMARTS) is 1. The lowest BCUT2D eigenvalue weighted by molar-refractivity contribution is -0.136. The van der Waals surface area contributed by atoms with E-state index < -0.39 is 5.97 Å². The molecular formula is C15H11NO3. The van der Waals surface area contributed by atoms with Crippen LogP contribution in [0.3, 0.4) is 0 Å². The number of rotatable bonds is 3. The third kappa shape index (κ3) is 2.20. The Morgan fingerprint density at radius 1 is 1.11 bits per heavy atom. The third-order valence-corrected chi connectivity index (χ3v) is 2.88. The van der Waals surface area contributed by atoms with Crippen molar-refractivity contribution < 1.29 is 14.3 Å². The SMILES string of the molecule is O=C(O)Cc1ccccc1-c1nc2ccccc2o1. The van der Waals surface area contributed by atoms with Crippen molar-refractivity contribution in [3.63, 3.8) is 0 Å². The molecule has 0 aliphatic carbocycles. The highest BCUT2D eigenvalue weighted by Gasteiger charge is 2.13. The van der Waals surface area contributed by atoms with Crippen LogP contribution in [0.15, 0.2) is 52.9 Å². The van der Waals surface area contributed by atoms with E-state index >= 15 is 0 Å². The van der Waals surface area contributed by atoms with Gasteiger partial charge in [0.15, 0.2) is 5.58 Å². The highest BCUT2D eigenvalue weighted by molar-refractivity contribution is 5.78. The van der Waals surface area contributed by atoms with Crippen LogP contribution in [0, 0.1) is 0 Å². The van der Waals surface area contributed by atoms with Gasteiger partial charge >= 0.3 is 5.97 Å². The maximum Gasteiger partial charge on any atom is 0.307 e. The molecular weight excluding hydrogens is 242 g/mol. The van der Waals surface area contributed by atoms with Crippen LogP contribution >= 0.6 is 0 Å². The van der Waals surface area contributed by atoms with Gasteiger partial charge in [0.1, 0.15) is 5.52 Å². The molecule has 0 unspecified atom stereocenters. The molecule has 0 fully saturated rings. The molecule has 0 aliphatic heterocycles. The fraction of sp³-hybridized carbons (Fsp3) is 0.0667. The number of fused-ring (bicyclic) bond motifs is 1. The summed E-state index contributed by atoms with van der Waals surface area (Å²) in [6.45, 7) is 0. The van der Waals surface area contributed by atoms with Crippen LogP contribution in [-0.4, -0.2) is 16.1 Å². The summed E-state index contributed by atoms with van der Waals surface area (Å²) in [4.78, 5) is 15.3. The van der Waals surface area contributed by atoms with E-state index in [4.69, 9.17) is 9.52 Å². The number of carboxylic acids is 1. The second-order valence-electron chi connectivity index (χ2n) is 4.21. The Morgan fingerprint density at radius 2 is 1.84 bits per heavy atom. The smallest absolute Gasteiger partial charge is 0.307 e. The van der Waals surface area contributed by atoms with E-state index in [0.717, 1.165) is 11.1 Å². The number of benzene rings is 2. The maximum absolute atomic E-state index is 10.9. The molecule has 0 bridgehead atoms. The van der Waals surface area contributed by atoms with E-state index in [1.807, 2.05) is 42.5 Å². The number of para-hydroxylation sites is 2. The second-order valence-corrected chi connectivity index (χ2v) is 4.21. The molecule has 1 heterocycles. The van der Waals surface area contributed by atoms with Gasteiger partial charge in [0.2, 0.25) is 5.89 Å². The predicted molar refractivity (Wildman–Crippen MR) is 70.8 cm³/mol. The van der Waals surface area contributed by atoms with Crippen molar-refractivity contribution >= 4 is 17.1 Å². The van der Waals surface area contributed by atoms with E-state index in [2.05, 4.69) is 4.98 Å². The number of aliphatic carboxylic acids is 1. The molecule has 1 N–H and O–H groups in total. The van der Waals surface area contributed by atoms with Crippen molar-refractivity contribution in [3.05, 3.63) is 54.1 Å². The number of nitrogens with zero attached hydrogens (tertiary/aromatic N) is 1. The minimum absolute atomic E-state index is 0.0467. The minimum atomic E-state index is -0.872. The first-order chi connectivity index (χ1) is 9.24. The molecule has 0 saturated heterocycles. The fourth-order valence-electron chi connectivity index (χ4n) is 2.03. The molecule has 0 spiro atoms. The zero-order valence-corrected chi connectivity index (χ0v) is 10.0. The summed E-state index contributed by atoms with van der Waals surface area (Å²) in [6, 6.07) is 14.7. The Morgan fingerprint density at radius 3 is 2.63 bits per heavy atom. The molecule has 2 aromatic carbocycles. The topological polar surface area (TPSA) is 63.3 Å². The summed E-state index contributed by atoms with van der Waals surface area (Å²) in [7, 11) is 0. The minimum Gasteiger partial charge on any atom is -0.481 e. The highest BCUT2D eigenvalue weighted by atomic mass is 16.4. The summed E-state index contributed by atoms with van der Waals surface area (Å²) in [5, 5.41) is 8.93. The zero-order valence-electron chi connectivity index (χ0n) is 10.0. The van der Waals surface area contributed by atoms with E-state index in [-0.39, 0.29) is 6.42 Å². The second kappa shape index (κ2) is 4.57. The van der Waals surface area contributed by atoms with Gasteiger partial charge in [0.25, 0.3) is 0 Å². The molecule has 0 saturated carbocycles. The van der Waals surface area contributed by atoms with Crippen LogP contribution in [-0.2, 0) is 11.2 Å². The fourth-order valence-corrected chi connectivity index (χ4v) is 2.03. The molecule has 0 atom stereocenters. The number of oxazole rings is 1. The number of hydrogen-bond donors (Lipinski definition) is 1. The standard InChI is InChI=1S/C15H11NO3/c17-14(18)9-10-5-1-2-6-11(10)15-16-12-7-3-4-8-13(12)19-15/h1-8H,9H2,(H,17,18). The van der Waals surface area contributed by atoms with Gasteiger partial charge in [-0.2, -0.15) is 0 Å². The van der Waals surface area contributed by atoms with Gasteiger partial charge in [-0.3, -0.25) is 4.79 Å². The largest absolute Gasteiger partial charge is 0.481 e. The monoisotopic (exact) mass is 253 g/mol. The van der Waals surface area contributed by atoms with Crippen LogP contribution in [0.2, 0.25) is 0 Å². The lowest BCUT2D eigenvalue weighted by Crippen LogP contribution is -2.01. The van der Waals surface area contributed by atoms with Crippen molar-refractivity contribution in [3.8, 4) is 11.5 Å². The molecule has 0 aliphatic rings. The molecule has 0 radical (unpaired) electrons. The van der Waals surface area contributed by atoms with Crippen LogP contribution in [0.4, 0.5) is 0 Å². The first-order valence-electron chi connectivity index (χ1n) is 5.90. The summed E-state index contributed by atoms with van der Waals surface area (Å²) >= 11 is 0. The molecule has 3 aromatic rings. The number of carbonyl (C=O) groups is 1. The molecule has 94 valence electrons. The van der Waals surface area contributed by atoms with Crippen LogP contribution < -0.4 is 0 Å². The van der Waals surface area contributed by atoms with Gasteiger partial charge in [-0.15, -0.1) is 0 Å². The molecule has 19 heavy (non-hydrogen) atoms. The Kier molecular flexibility index (Phi) is 2.76. The Labute approximate surface area is 109 Å². The van der Waals surface area contributed by atoms with Crippen molar-refractivity contribution in [2.24, 2.45) is 0 Å². The van der Waals surface area contributed by atoms with Crippen LogP contribution in [0.1, 0.15) is 5.56 Å². The normalized spacial score (nSPS) is 10.7. The summed E-state index contributed by atoms with van der Waals surface area (Å²) in [6.07, 6.45) is -0.0467. The molecule has 3 rings (SSSR count). The first-order valence-corrected chi connectivity index (χ1v) is 5.90. The zero-order chi connectivity index (χ0) is 13.2. The molecule has 4 heteroatoms. The lowest BCUT2D eigenvalue weighted by atomic mass is 10.0. The van der Waals surface area contributed by atoms with Gasteiger partial charge < -0.3 is 9.52 Å². The Bertz CT molecular complexity index is 713. The summed E-state index contributed by atoms with van der Waals surface area (Å²) in [5.41, 5.74) is 2.88. The lowest BCUT2D eigenvalue weighted by Gasteiger charge is -2.02. The number of hydrogen-bond acceptors (Lipinski definition) is 3. The quantitative estimate of drug-likeness (QED) is 0.778. The first kappa shape index (κ1) is 11.5. The van der Waals surface area contributed by atoms with Gasteiger partial charge in [0, 0.05) is 5.56 Å². The van der Waals surface area contributed by atoms with Gasteiger partial charge in [0.05, 0.1) is 6.42 Å². The van der Waals surface area contributed by atoms with Crippen LogP contribution in [0.5, 0.6) is 0 Å². The highest BCUT2D eigenvalue weighted by Crippen LogP contribution is 2.27. The van der Waals surface area contributed by atoms with E-state index in [1.54, 1.807) is 6.07 Å². The van der Waals surface area contributed by atoms with Crippen molar-refractivity contribution in [1.29, 1.82) is 0 Å². The summed E-state index contributed by atoms with van der Waals surface area (Å²) < 4.78 is 5.67. The van der Waals surface area contributed by atoms with Gasteiger partial charge in [-0.05, 0) is 23.8 Å². The molecule has 1 aromatic heterocycles. The van der Waals surface area contributed by atoms with Gasteiger partial charge in [-0.1, -0.05) is 30.3 Å². The Hall–Kier alpha value is -2.62. The van der Waals surface area contributed by atoms with Crippen molar-refractivity contribution in [2.45, 2.75) is 6.42 Å². The number of aromatic nitrogens is 1. The Balaban J connectivity index is 2.13. The van der Waals surface area contributed by atoms with E-state index in [9.17, 15) is 4.79 Å². The molecule has 0 amide bonds. The van der Waals surface area contributed by atoms with Crippen molar-refractivity contribution in [1.82, 2.24) is 4.98 Å². The predicted octanol–water partition coefficient (Wildman–Crippen LogP) is 3.12. The van der Waals surface area contributed by atoms with E-state index in [0.29, 0.717) is 17.0 Å². The van der Waals surface area contributed by atoms with E-state index in [1.165, 1.54) is 0 Å². The van der Waals surface area contributed by atoms with Crippen molar-refractivity contribution in [2.75, 3.05) is 0 Å². The third-order valence-electron chi connectivity index (χ3n) is 2.88. The average Bonchev–Trinajstić information content (AvgIpc) is 2.82. The van der Waals surface area contributed by atoms with Gasteiger partial charge in [-0.25, -0.2) is 4.98 Å².